The summed E-state index contributed by atoms with van der Waals surface area (Å²) < 4.78 is 0. The first-order chi connectivity index (χ1) is 30.8. The molecule has 0 fully saturated rings. The molecule has 10 aromatic carbocycles. The molecule has 0 aromatic heterocycles. The maximum Gasteiger partial charge on any atom is 0.0465 e. The van der Waals surface area contributed by atoms with Crippen LogP contribution in [0.4, 0.5) is 28.4 Å². The van der Waals surface area contributed by atoms with Crippen molar-refractivity contribution in [2.75, 3.05) is 10.2 Å². The number of anilines is 5. The van der Waals surface area contributed by atoms with E-state index in [2.05, 4.69) is 262 Å². The number of fused-ring (bicyclic) bond motifs is 5. The number of nitrogens with zero attached hydrogens (tertiary/aromatic N) is 1. The molecule has 304 valence electrons. The largest absolute Gasteiger partial charge is 0.356 e. The average molecular weight is 811 g/mol. The van der Waals surface area contributed by atoms with Crippen molar-refractivity contribution in [1.82, 2.24) is 0 Å². The molecule has 0 bridgehead atoms. The van der Waals surface area contributed by atoms with Crippen molar-refractivity contribution >= 4 is 50.0 Å². The minimum Gasteiger partial charge on any atom is -0.356 e. The molecule has 63 heavy (non-hydrogen) atoms. The predicted molar refractivity (Wildman–Crippen MR) is 270 cm³/mol. The third kappa shape index (κ3) is 7.77. The predicted octanol–water partition coefficient (Wildman–Crippen LogP) is 17.2. The van der Waals surface area contributed by atoms with E-state index in [1.165, 1.54) is 77.2 Å². The third-order valence-corrected chi connectivity index (χ3v) is 12.7. The first kappa shape index (κ1) is 39.5. The maximum absolute atomic E-state index is 3.62. The minimum atomic E-state index is -0.150. The summed E-state index contributed by atoms with van der Waals surface area (Å²) in [4.78, 5) is 2.38. The van der Waals surface area contributed by atoms with E-state index >= 15 is 0 Å². The molecule has 0 amide bonds. The highest BCUT2D eigenvalue weighted by Crippen LogP contribution is 2.51. The Balaban J connectivity index is 0.000000246. The van der Waals surface area contributed by atoms with Gasteiger partial charge in [0.2, 0.25) is 0 Å². The molecular weight excluding hydrogens is 761 g/mol. The third-order valence-electron chi connectivity index (χ3n) is 12.7. The zero-order valence-corrected chi connectivity index (χ0v) is 36.3. The van der Waals surface area contributed by atoms with Crippen molar-refractivity contribution in [3.63, 3.8) is 0 Å². The minimum absolute atomic E-state index is 0.150. The van der Waals surface area contributed by atoms with Crippen LogP contribution in [0.2, 0.25) is 0 Å². The van der Waals surface area contributed by atoms with E-state index in [-0.39, 0.29) is 5.41 Å². The molecule has 2 heteroatoms. The van der Waals surface area contributed by atoms with E-state index in [4.69, 9.17) is 0 Å². The van der Waals surface area contributed by atoms with Gasteiger partial charge in [-0.2, -0.15) is 0 Å². The quantitative estimate of drug-likeness (QED) is 0.172. The van der Waals surface area contributed by atoms with Gasteiger partial charge in [-0.15, -0.1) is 0 Å². The van der Waals surface area contributed by atoms with Crippen LogP contribution in [-0.4, -0.2) is 0 Å². The molecule has 0 spiro atoms. The van der Waals surface area contributed by atoms with Crippen molar-refractivity contribution in [1.29, 1.82) is 0 Å². The molecule has 0 atom stereocenters. The average Bonchev–Trinajstić information content (AvgIpc) is 3.55. The Bertz CT molecular complexity index is 3210. The Morgan fingerprint density at radius 1 is 0.349 bits per heavy atom. The van der Waals surface area contributed by atoms with Crippen LogP contribution in [0.5, 0.6) is 0 Å². The Morgan fingerprint density at radius 3 is 1.40 bits per heavy atom. The van der Waals surface area contributed by atoms with E-state index < -0.39 is 0 Å². The highest BCUT2D eigenvalue weighted by atomic mass is 15.1. The lowest BCUT2D eigenvalue weighted by Crippen LogP contribution is -2.16. The van der Waals surface area contributed by atoms with Gasteiger partial charge in [0.1, 0.15) is 0 Å². The number of aryl methyl sites for hydroxylation is 2. The summed E-state index contributed by atoms with van der Waals surface area (Å²) in [5.74, 6) is 0. The van der Waals surface area contributed by atoms with Crippen LogP contribution in [0.25, 0.3) is 54.9 Å². The highest BCUT2D eigenvalue weighted by molar-refractivity contribution is 5.98. The maximum atomic E-state index is 3.62. The molecule has 0 radical (unpaired) electrons. The molecule has 0 heterocycles. The molecular formula is C61H50N2. The van der Waals surface area contributed by atoms with Crippen LogP contribution in [0.15, 0.2) is 224 Å². The Morgan fingerprint density at radius 2 is 0.794 bits per heavy atom. The second-order valence-corrected chi connectivity index (χ2v) is 17.2. The number of hydrogen-bond acceptors (Lipinski definition) is 2. The van der Waals surface area contributed by atoms with Gasteiger partial charge in [0.15, 0.2) is 0 Å². The van der Waals surface area contributed by atoms with Crippen LogP contribution >= 0.6 is 0 Å². The van der Waals surface area contributed by atoms with Gasteiger partial charge >= 0.3 is 0 Å². The van der Waals surface area contributed by atoms with Crippen LogP contribution in [0.1, 0.15) is 36.1 Å². The molecule has 11 rings (SSSR count). The molecule has 0 saturated carbocycles. The first-order valence-electron chi connectivity index (χ1n) is 21.9. The fraction of sp³-hybridized carbons (Fsp3) is 0.0820. The summed E-state index contributed by atoms with van der Waals surface area (Å²) in [6.45, 7) is 8.97. The molecule has 2 nitrogen and oxygen atoms in total. The summed E-state index contributed by atoms with van der Waals surface area (Å²) >= 11 is 0. The van der Waals surface area contributed by atoms with Gasteiger partial charge in [0, 0.05) is 33.9 Å². The second kappa shape index (κ2) is 16.6. The Hall–Kier alpha value is -7.68. The Kier molecular flexibility index (Phi) is 10.4. The van der Waals surface area contributed by atoms with Crippen LogP contribution < -0.4 is 10.2 Å². The van der Waals surface area contributed by atoms with Crippen LogP contribution in [0.3, 0.4) is 0 Å². The molecule has 0 saturated heterocycles. The zero-order valence-electron chi connectivity index (χ0n) is 36.3. The second-order valence-electron chi connectivity index (χ2n) is 17.2. The molecule has 1 aliphatic carbocycles. The zero-order chi connectivity index (χ0) is 42.9. The SMILES string of the molecule is Cc1ccc(Nc2ccc3c(c2)C(C)(C)c2cc(N(c4ccc(C)cc4)c4ccc(-c5cccc6ccccc56)cc4)ccc2-3)cc1.c1ccc(-c2cccc3ccccc23)cc1. The lowest BCUT2D eigenvalue weighted by molar-refractivity contribution is 0.660. The number of nitrogens with one attached hydrogen (secondary N) is 1. The van der Waals surface area contributed by atoms with Gasteiger partial charge in [-0.3, -0.25) is 0 Å². The monoisotopic (exact) mass is 810 g/mol. The van der Waals surface area contributed by atoms with E-state index in [9.17, 15) is 0 Å². The number of hydrogen-bond donors (Lipinski definition) is 1. The van der Waals surface area contributed by atoms with Crippen LogP contribution in [0, 0.1) is 13.8 Å². The number of rotatable bonds is 7. The van der Waals surface area contributed by atoms with Gasteiger partial charge in [-0.05, 0) is 141 Å². The van der Waals surface area contributed by atoms with Crippen molar-refractivity contribution in [2.24, 2.45) is 0 Å². The summed E-state index contributed by atoms with van der Waals surface area (Å²) in [7, 11) is 0. The first-order valence-corrected chi connectivity index (χ1v) is 21.9. The van der Waals surface area contributed by atoms with Gasteiger partial charge in [0.05, 0.1) is 0 Å². The summed E-state index contributed by atoms with van der Waals surface area (Å²) in [5, 5.41) is 8.76. The van der Waals surface area contributed by atoms with Crippen molar-refractivity contribution < 1.29 is 0 Å². The normalized spacial score (nSPS) is 12.3. The molecule has 0 aliphatic heterocycles. The van der Waals surface area contributed by atoms with Gasteiger partial charge < -0.3 is 10.2 Å². The van der Waals surface area contributed by atoms with Gasteiger partial charge in [-0.1, -0.05) is 189 Å². The number of benzene rings is 10. The van der Waals surface area contributed by atoms with E-state index in [0.717, 1.165) is 28.4 Å². The highest BCUT2D eigenvalue weighted by Gasteiger charge is 2.36. The molecule has 0 unspecified atom stereocenters. The standard InChI is InChI=1S/C45H38N2.C16H12/c1-30-12-18-34(19-13-30)46-35-20-26-41-42-27-25-38(29-44(42)45(3,4)43(41)28-35)47(36-21-14-31(2)15-22-36)37-23-16-33(17-24-37)40-11-7-9-32-8-5-6-10-39(32)40;1-2-7-13(8-3-1)16-12-6-10-14-9-4-5-11-15(14)16/h5-29,46H,1-4H3;1-12H. The fourth-order valence-electron chi connectivity index (χ4n) is 9.25. The van der Waals surface area contributed by atoms with Crippen LogP contribution in [-0.2, 0) is 5.41 Å². The van der Waals surface area contributed by atoms with Gasteiger partial charge in [-0.25, -0.2) is 0 Å². The van der Waals surface area contributed by atoms with E-state index in [1.807, 2.05) is 0 Å². The van der Waals surface area contributed by atoms with Crippen molar-refractivity contribution in [3.05, 3.63) is 247 Å². The fourth-order valence-corrected chi connectivity index (χ4v) is 9.25. The molecule has 1 aliphatic rings. The topological polar surface area (TPSA) is 15.3 Å². The van der Waals surface area contributed by atoms with E-state index in [1.54, 1.807) is 0 Å². The Labute approximate surface area is 371 Å². The lowest BCUT2D eigenvalue weighted by atomic mass is 9.82. The lowest BCUT2D eigenvalue weighted by Gasteiger charge is -2.28. The summed E-state index contributed by atoms with van der Waals surface area (Å²) in [5.41, 5.74) is 18.4. The molecule has 1 N–H and O–H groups in total. The van der Waals surface area contributed by atoms with Crippen molar-refractivity contribution in [3.8, 4) is 33.4 Å². The van der Waals surface area contributed by atoms with Crippen molar-refractivity contribution in [2.45, 2.75) is 33.1 Å². The van der Waals surface area contributed by atoms with E-state index in [0.29, 0.717) is 0 Å². The van der Waals surface area contributed by atoms with Gasteiger partial charge in [0.25, 0.3) is 0 Å². The summed E-state index contributed by atoms with van der Waals surface area (Å²) in [6, 6.07) is 80.9. The smallest absolute Gasteiger partial charge is 0.0465 e. The molecule has 10 aromatic rings. The summed E-state index contributed by atoms with van der Waals surface area (Å²) in [6.07, 6.45) is 0.